The highest BCUT2D eigenvalue weighted by molar-refractivity contribution is 6.03. The number of rotatable bonds is 3. The number of hydrogen-bond donors (Lipinski definition) is 2. The fraction of sp³-hybridized carbons (Fsp3) is 0.364. The Morgan fingerprint density at radius 1 is 0.933 bits per heavy atom. The molecule has 5 nitrogen and oxygen atoms in total. The van der Waals surface area contributed by atoms with Crippen LogP contribution >= 0.6 is 0 Å². The standard InChI is InChI=1S/C22H23F3N2O3/c1-12-7-6-8-13(2)17(12)21(19(29)30-20(3,4)5)26-15-10-9-14(11-16(15)27-21)18(28)22(23,24)25/h6-11,26-27H,1-5H3. The molecule has 0 spiro atoms. The topological polar surface area (TPSA) is 67.4 Å². The first-order valence-electron chi connectivity index (χ1n) is 9.37. The highest BCUT2D eigenvalue weighted by atomic mass is 19.4. The van der Waals surface area contributed by atoms with Crippen LogP contribution in [0.2, 0.25) is 0 Å². The van der Waals surface area contributed by atoms with E-state index in [1.807, 2.05) is 32.0 Å². The van der Waals surface area contributed by atoms with E-state index >= 15 is 0 Å². The molecule has 2 aromatic rings. The van der Waals surface area contributed by atoms with E-state index in [9.17, 15) is 22.8 Å². The van der Waals surface area contributed by atoms with Gasteiger partial charge in [-0.25, -0.2) is 4.79 Å². The molecule has 0 saturated heterocycles. The van der Waals surface area contributed by atoms with Crippen LogP contribution in [0.5, 0.6) is 0 Å². The number of hydrogen-bond acceptors (Lipinski definition) is 5. The number of ketones is 1. The number of carbonyl (C=O) groups is 2. The van der Waals surface area contributed by atoms with Crippen molar-refractivity contribution in [3.05, 3.63) is 58.7 Å². The first kappa shape index (κ1) is 21.7. The summed E-state index contributed by atoms with van der Waals surface area (Å²) in [5, 5.41) is 6.10. The molecule has 1 aliphatic heterocycles. The first-order valence-corrected chi connectivity index (χ1v) is 9.37. The van der Waals surface area contributed by atoms with Gasteiger partial charge in [0.1, 0.15) is 5.60 Å². The Labute approximate surface area is 172 Å². The average molecular weight is 420 g/mol. The molecule has 8 heteroatoms. The van der Waals surface area contributed by atoms with E-state index in [0.29, 0.717) is 11.3 Å². The summed E-state index contributed by atoms with van der Waals surface area (Å²) < 4.78 is 44.2. The molecule has 1 heterocycles. The number of carbonyl (C=O) groups excluding carboxylic acids is 2. The van der Waals surface area contributed by atoms with Gasteiger partial charge in [-0.3, -0.25) is 4.79 Å². The molecule has 0 aromatic heterocycles. The van der Waals surface area contributed by atoms with E-state index in [0.717, 1.165) is 23.3 Å². The summed E-state index contributed by atoms with van der Waals surface area (Å²) >= 11 is 0. The lowest BCUT2D eigenvalue weighted by atomic mass is 9.90. The molecular weight excluding hydrogens is 397 g/mol. The minimum atomic E-state index is -4.99. The SMILES string of the molecule is Cc1cccc(C)c1C1(C(=O)OC(C)(C)C)Nc2ccc(C(=O)C(F)(F)F)cc2N1. The summed E-state index contributed by atoms with van der Waals surface area (Å²) in [5.74, 6) is -2.58. The molecule has 160 valence electrons. The van der Waals surface area contributed by atoms with E-state index in [4.69, 9.17) is 4.74 Å². The van der Waals surface area contributed by atoms with Gasteiger partial charge in [-0.1, -0.05) is 18.2 Å². The number of Topliss-reactive ketones (excluding diaryl/α,β-unsaturated/α-hetero) is 1. The quantitative estimate of drug-likeness (QED) is 0.535. The van der Waals surface area contributed by atoms with Gasteiger partial charge in [0.15, 0.2) is 0 Å². The number of halogens is 3. The van der Waals surface area contributed by atoms with Gasteiger partial charge >= 0.3 is 12.1 Å². The van der Waals surface area contributed by atoms with Crippen molar-refractivity contribution in [3.63, 3.8) is 0 Å². The molecule has 0 fully saturated rings. The number of anilines is 2. The van der Waals surface area contributed by atoms with Gasteiger partial charge in [0.2, 0.25) is 5.66 Å². The number of aryl methyl sites for hydroxylation is 2. The predicted molar refractivity (Wildman–Crippen MR) is 108 cm³/mol. The van der Waals surface area contributed by atoms with Gasteiger partial charge in [0, 0.05) is 11.1 Å². The number of ether oxygens (including phenoxy) is 1. The second kappa shape index (κ2) is 7.04. The Hall–Kier alpha value is -3.03. The molecule has 0 saturated carbocycles. The van der Waals surface area contributed by atoms with E-state index in [-0.39, 0.29) is 5.69 Å². The summed E-state index contributed by atoms with van der Waals surface area (Å²) in [6.07, 6.45) is -4.99. The minimum absolute atomic E-state index is 0.207. The smallest absolute Gasteiger partial charge is 0.454 e. The Morgan fingerprint density at radius 3 is 2.03 bits per heavy atom. The van der Waals surface area contributed by atoms with Crippen LogP contribution in [0.25, 0.3) is 0 Å². The third-order valence-electron chi connectivity index (χ3n) is 4.74. The van der Waals surface area contributed by atoms with Crippen LogP contribution in [0.15, 0.2) is 36.4 Å². The lowest BCUT2D eigenvalue weighted by molar-refractivity contribution is -0.159. The maximum absolute atomic E-state index is 13.3. The number of nitrogens with one attached hydrogen (secondary N) is 2. The third kappa shape index (κ3) is 3.86. The third-order valence-corrected chi connectivity index (χ3v) is 4.74. The molecule has 0 amide bonds. The van der Waals surface area contributed by atoms with Crippen molar-refractivity contribution in [2.75, 3.05) is 10.6 Å². The van der Waals surface area contributed by atoms with E-state index in [2.05, 4.69) is 10.6 Å². The van der Waals surface area contributed by atoms with E-state index in [1.165, 1.54) is 6.07 Å². The van der Waals surface area contributed by atoms with Crippen molar-refractivity contribution in [2.45, 2.75) is 52.1 Å². The summed E-state index contributed by atoms with van der Waals surface area (Å²) in [5.41, 5.74) is -0.0706. The fourth-order valence-electron chi connectivity index (χ4n) is 3.59. The number of alkyl halides is 3. The zero-order chi connectivity index (χ0) is 22.5. The normalized spacial score (nSPS) is 18.3. The summed E-state index contributed by atoms with van der Waals surface area (Å²) in [7, 11) is 0. The van der Waals surface area contributed by atoms with Crippen LogP contribution in [-0.2, 0) is 15.2 Å². The van der Waals surface area contributed by atoms with Crippen molar-refractivity contribution in [2.24, 2.45) is 0 Å². The van der Waals surface area contributed by atoms with Crippen LogP contribution in [0, 0.1) is 13.8 Å². The summed E-state index contributed by atoms with van der Waals surface area (Å²) in [6.45, 7) is 8.85. The van der Waals surface area contributed by atoms with Gasteiger partial charge in [-0.05, 0) is 63.9 Å². The van der Waals surface area contributed by atoms with Crippen molar-refractivity contribution >= 4 is 23.1 Å². The monoisotopic (exact) mass is 420 g/mol. The average Bonchev–Trinajstić information content (AvgIpc) is 2.98. The summed E-state index contributed by atoms with van der Waals surface area (Å²) in [4.78, 5) is 25.0. The molecule has 2 N–H and O–H groups in total. The highest BCUT2D eigenvalue weighted by Crippen LogP contribution is 2.43. The van der Waals surface area contributed by atoms with Crippen LogP contribution in [0.4, 0.5) is 24.5 Å². The molecule has 3 rings (SSSR count). The Morgan fingerprint density at radius 2 is 1.50 bits per heavy atom. The van der Waals surface area contributed by atoms with Crippen LogP contribution < -0.4 is 10.6 Å². The molecule has 0 aliphatic carbocycles. The molecule has 0 radical (unpaired) electrons. The van der Waals surface area contributed by atoms with E-state index in [1.54, 1.807) is 20.8 Å². The van der Waals surface area contributed by atoms with E-state index < -0.39 is 34.8 Å². The van der Waals surface area contributed by atoms with Gasteiger partial charge in [-0.2, -0.15) is 13.2 Å². The molecule has 2 aromatic carbocycles. The van der Waals surface area contributed by atoms with Crippen LogP contribution in [0.1, 0.15) is 47.8 Å². The maximum atomic E-state index is 13.3. The lowest BCUT2D eigenvalue weighted by Crippen LogP contribution is -2.50. The van der Waals surface area contributed by atoms with Crippen molar-refractivity contribution in [3.8, 4) is 0 Å². The lowest BCUT2D eigenvalue weighted by Gasteiger charge is -2.34. The van der Waals surface area contributed by atoms with Gasteiger partial charge in [0.05, 0.1) is 11.4 Å². The molecule has 30 heavy (non-hydrogen) atoms. The van der Waals surface area contributed by atoms with Gasteiger partial charge in [-0.15, -0.1) is 0 Å². The molecule has 1 atom stereocenters. The van der Waals surface area contributed by atoms with Crippen LogP contribution in [-0.4, -0.2) is 23.5 Å². The number of esters is 1. The van der Waals surface area contributed by atoms with Crippen LogP contribution in [0.3, 0.4) is 0 Å². The second-order valence-electron chi connectivity index (χ2n) is 8.36. The Kier molecular flexibility index (Phi) is 5.08. The first-order chi connectivity index (χ1) is 13.7. The maximum Gasteiger partial charge on any atom is 0.454 e. The zero-order valence-electron chi connectivity index (χ0n) is 17.3. The van der Waals surface area contributed by atoms with Crippen molar-refractivity contribution in [1.29, 1.82) is 0 Å². The summed E-state index contributed by atoms with van der Waals surface area (Å²) in [6, 6.07) is 9.04. The number of fused-ring (bicyclic) bond motifs is 1. The predicted octanol–water partition coefficient (Wildman–Crippen LogP) is 5.08. The van der Waals surface area contributed by atoms with Crippen molar-refractivity contribution in [1.82, 2.24) is 0 Å². The molecule has 1 aliphatic rings. The fourth-order valence-corrected chi connectivity index (χ4v) is 3.59. The largest absolute Gasteiger partial charge is 0.457 e. The second-order valence-corrected chi connectivity index (χ2v) is 8.36. The number of benzene rings is 2. The minimum Gasteiger partial charge on any atom is -0.457 e. The zero-order valence-corrected chi connectivity index (χ0v) is 17.3. The molecule has 0 bridgehead atoms. The Bertz CT molecular complexity index is 1010. The van der Waals surface area contributed by atoms with Gasteiger partial charge in [0.25, 0.3) is 5.78 Å². The highest BCUT2D eigenvalue weighted by Gasteiger charge is 2.50. The van der Waals surface area contributed by atoms with Crippen molar-refractivity contribution < 1.29 is 27.5 Å². The Balaban J connectivity index is 2.13. The molecular formula is C22H23F3N2O3. The molecule has 1 unspecified atom stereocenters. The van der Waals surface area contributed by atoms with Gasteiger partial charge < -0.3 is 15.4 Å².